The Morgan fingerprint density at radius 1 is 1.21 bits per heavy atom. The Balaban J connectivity index is 2.23. The van der Waals surface area contributed by atoms with E-state index in [1.807, 2.05) is 12.1 Å². The Kier molecular flexibility index (Phi) is 4.27. The molecule has 2 nitrogen and oxygen atoms in total. The van der Waals surface area contributed by atoms with Gasteiger partial charge in [-0.05, 0) is 44.0 Å². The molecule has 1 N–H and O–H groups in total. The number of hydrogen-bond acceptors (Lipinski definition) is 3. The molecule has 0 saturated heterocycles. The zero-order chi connectivity index (χ0) is 14.0. The minimum Gasteiger partial charge on any atom is -0.496 e. The van der Waals surface area contributed by atoms with E-state index in [0.717, 1.165) is 16.2 Å². The minimum absolute atomic E-state index is 0.465. The number of thiophene rings is 1. The lowest BCUT2D eigenvalue weighted by molar-refractivity contribution is 0.181. The number of methoxy groups -OCH3 is 1. The first-order valence-corrected chi connectivity index (χ1v) is 7.21. The second-order valence-corrected chi connectivity index (χ2v) is 6.21. The number of aryl methyl sites for hydroxylation is 3. The van der Waals surface area contributed by atoms with Crippen LogP contribution in [0, 0.1) is 20.8 Å². The minimum atomic E-state index is -0.465. The SMILES string of the molecule is COc1ccc(C)cc1CC(O)c1cc(C)c(C)s1. The first kappa shape index (κ1) is 14.1. The number of aliphatic hydroxyl groups is 1. The highest BCUT2D eigenvalue weighted by Crippen LogP contribution is 2.31. The van der Waals surface area contributed by atoms with Gasteiger partial charge in [-0.3, -0.25) is 0 Å². The lowest BCUT2D eigenvalue weighted by Crippen LogP contribution is -2.02. The summed E-state index contributed by atoms with van der Waals surface area (Å²) in [5.41, 5.74) is 3.48. The summed E-state index contributed by atoms with van der Waals surface area (Å²) in [5.74, 6) is 0.842. The van der Waals surface area contributed by atoms with Crippen LogP contribution in [0.15, 0.2) is 24.3 Å². The van der Waals surface area contributed by atoms with Crippen molar-refractivity contribution in [3.8, 4) is 5.75 Å². The van der Waals surface area contributed by atoms with E-state index in [2.05, 4.69) is 32.9 Å². The van der Waals surface area contributed by atoms with Gasteiger partial charge in [0.1, 0.15) is 5.75 Å². The normalized spacial score (nSPS) is 12.5. The molecule has 0 amide bonds. The zero-order valence-electron chi connectivity index (χ0n) is 11.9. The predicted molar refractivity (Wildman–Crippen MR) is 80.2 cm³/mol. The fraction of sp³-hybridized carbons (Fsp3) is 0.375. The summed E-state index contributed by atoms with van der Waals surface area (Å²) in [5, 5.41) is 10.4. The van der Waals surface area contributed by atoms with E-state index >= 15 is 0 Å². The highest BCUT2D eigenvalue weighted by molar-refractivity contribution is 7.12. The van der Waals surface area contributed by atoms with E-state index in [9.17, 15) is 5.11 Å². The van der Waals surface area contributed by atoms with Crippen LogP contribution in [-0.2, 0) is 6.42 Å². The maximum atomic E-state index is 10.4. The van der Waals surface area contributed by atoms with Crippen molar-refractivity contribution in [2.24, 2.45) is 0 Å². The van der Waals surface area contributed by atoms with E-state index in [-0.39, 0.29) is 0 Å². The molecule has 19 heavy (non-hydrogen) atoms. The third-order valence-electron chi connectivity index (χ3n) is 3.36. The van der Waals surface area contributed by atoms with E-state index in [1.165, 1.54) is 16.0 Å². The maximum Gasteiger partial charge on any atom is 0.122 e. The molecule has 1 aromatic heterocycles. The van der Waals surface area contributed by atoms with Gasteiger partial charge in [0.15, 0.2) is 0 Å². The average Bonchev–Trinajstić information content (AvgIpc) is 2.70. The summed E-state index contributed by atoms with van der Waals surface area (Å²) in [6, 6.07) is 8.14. The zero-order valence-corrected chi connectivity index (χ0v) is 12.7. The maximum absolute atomic E-state index is 10.4. The molecule has 0 bridgehead atoms. The van der Waals surface area contributed by atoms with Crippen LogP contribution in [0.25, 0.3) is 0 Å². The second kappa shape index (κ2) is 5.76. The first-order valence-electron chi connectivity index (χ1n) is 6.39. The molecular weight excluding hydrogens is 256 g/mol. The summed E-state index contributed by atoms with van der Waals surface area (Å²) >= 11 is 1.67. The molecule has 102 valence electrons. The lowest BCUT2D eigenvalue weighted by Gasteiger charge is -2.13. The number of aliphatic hydroxyl groups excluding tert-OH is 1. The van der Waals surface area contributed by atoms with Gasteiger partial charge in [0.2, 0.25) is 0 Å². The van der Waals surface area contributed by atoms with E-state index in [0.29, 0.717) is 6.42 Å². The molecule has 0 radical (unpaired) electrons. The van der Waals surface area contributed by atoms with Crippen LogP contribution in [0.2, 0.25) is 0 Å². The number of rotatable bonds is 4. The number of benzene rings is 1. The van der Waals surface area contributed by atoms with Crippen molar-refractivity contribution in [2.75, 3.05) is 7.11 Å². The van der Waals surface area contributed by atoms with Crippen LogP contribution in [-0.4, -0.2) is 12.2 Å². The molecule has 3 heteroatoms. The van der Waals surface area contributed by atoms with Crippen LogP contribution >= 0.6 is 11.3 Å². The molecule has 0 aliphatic carbocycles. The van der Waals surface area contributed by atoms with Crippen molar-refractivity contribution in [3.63, 3.8) is 0 Å². The highest BCUT2D eigenvalue weighted by Gasteiger charge is 2.15. The first-order chi connectivity index (χ1) is 9.01. The monoisotopic (exact) mass is 276 g/mol. The van der Waals surface area contributed by atoms with Gasteiger partial charge in [0.05, 0.1) is 13.2 Å². The molecule has 0 saturated carbocycles. The summed E-state index contributed by atoms with van der Waals surface area (Å²) in [4.78, 5) is 2.30. The van der Waals surface area contributed by atoms with Crippen LogP contribution in [0.3, 0.4) is 0 Å². The van der Waals surface area contributed by atoms with Crippen molar-refractivity contribution in [2.45, 2.75) is 33.3 Å². The Labute approximate surface area is 118 Å². The molecule has 0 aliphatic heterocycles. The van der Waals surface area contributed by atoms with Crippen molar-refractivity contribution in [1.29, 1.82) is 0 Å². The largest absolute Gasteiger partial charge is 0.496 e. The molecule has 2 aromatic rings. The fourth-order valence-corrected chi connectivity index (χ4v) is 3.17. The molecule has 1 atom stereocenters. The van der Waals surface area contributed by atoms with Gasteiger partial charge in [-0.2, -0.15) is 0 Å². The van der Waals surface area contributed by atoms with Crippen molar-refractivity contribution >= 4 is 11.3 Å². The van der Waals surface area contributed by atoms with Gasteiger partial charge in [0, 0.05) is 16.2 Å². The average molecular weight is 276 g/mol. The van der Waals surface area contributed by atoms with E-state index in [1.54, 1.807) is 18.4 Å². The standard InChI is InChI=1S/C16H20O2S/c1-10-5-6-15(18-4)13(7-10)9-14(17)16-8-11(2)12(3)19-16/h5-8,14,17H,9H2,1-4H3. The van der Waals surface area contributed by atoms with Gasteiger partial charge < -0.3 is 9.84 Å². The molecule has 0 aliphatic rings. The topological polar surface area (TPSA) is 29.5 Å². The molecule has 2 rings (SSSR count). The summed E-state index contributed by atoms with van der Waals surface area (Å²) < 4.78 is 5.36. The van der Waals surface area contributed by atoms with E-state index < -0.39 is 6.10 Å². The molecule has 1 aromatic carbocycles. The lowest BCUT2D eigenvalue weighted by atomic mass is 10.0. The van der Waals surface area contributed by atoms with Crippen molar-refractivity contribution < 1.29 is 9.84 Å². The molecule has 1 unspecified atom stereocenters. The van der Waals surface area contributed by atoms with Crippen LogP contribution in [0.4, 0.5) is 0 Å². The summed E-state index contributed by atoms with van der Waals surface area (Å²) in [6.45, 7) is 6.22. The Hall–Kier alpha value is -1.32. The highest BCUT2D eigenvalue weighted by atomic mass is 32.1. The second-order valence-electron chi connectivity index (χ2n) is 4.92. The fourth-order valence-electron chi connectivity index (χ4n) is 2.14. The molecule has 0 fully saturated rings. The third kappa shape index (κ3) is 3.17. The Morgan fingerprint density at radius 3 is 2.53 bits per heavy atom. The van der Waals surface area contributed by atoms with Crippen LogP contribution in [0.1, 0.15) is 32.5 Å². The molecular formula is C16H20O2S. The Bertz CT molecular complexity index is 553. The smallest absolute Gasteiger partial charge is 0.122 e. The van der Waals surface area contributed by atoms with Crippen molar-refractivity contribution in [1.82, 2.24) is 0 Å². The van der Waals surface area contributed by atoms with Gasteiger partial charge in [-0.25, -0.2) is 0 Å². The van der Waals surface area contributed by atoms with Crippen molar-refractivity contribution in [3.05, 3.63) is 50.7 Å². The summed E-state index contributed by atoms with van der Waals surface area (Å²) in [7, 11) is 1.67. The van der Waals surface area contributed by atoms with Gasteiger partial charge in [-0.1, -0.05) is 17.7 Å². The quantitative estimate of drug-likeness (QED) is 0.916. The third-order valence-corrected chi connectivity index (χ3v) is 4.62. The number of ether oxygens (including phenoxy) is 1. The molecule has 1 heterocycles. The predicted octanol–water partition coefficient (Wildman–Crippen LogP) is 3.96. The van der Waals surface area contributed by atoms with E-state index in [4.69, 9.17) is 4.74 Å². The number of hydrogen-bond donors (Lipinski definition) is 1. The van der Waals surface area contributed by atoms with Gasteiger partial charge in [0.25, 0.3) is 0 Å². The Morgan fingerprint density at radius 2 is 1.95 bits per heavy atom. The summed E-state index contributed by atoms with van der Waals surface area (Å²) in [6.07, 6.45) is 0.123. The van der Waals surface area contributed by atoms with Gasteiger partial charge in [-0.15, -0.1) is 11.3 Å². The molecule has 0 spiro atoms. The van der Waals surface area contributed by atoms with Crippen LogP contribution in [0.5, 0.6) is 5.75 Å². The van der Waals surface area contributed by atoms with Crippen LogP contribution < -0.4 is 4.74 Å². The van der Waals surface area contributed by atoms with Gasteiger partial charge >= 0.3 is 0 Å².